The molecule has 0 aromatic carbocycles. The van der Waals surface area contributed by atoms with Crippen LogP contribution in [0.1, 0.15) is 37.6 Å². The van der Waals surface area contributed by atoms with Crippen LogP contribution in [0.4, 0.5) is 0 Å². The third-order valence-electron chi connectivity index (χ3n) is 3.70. The van der Waals surface area contributed by atoms with Gasteiger partial charge in [-0.05, 0) is 25.7 Å². The number of nitrogens with zero attached hydrogens (tertiary/aromatic N) is 2. The first-order chi connectivity index (χ1) is 7.86. The molecule has 1 aromatic heterocycles. The number of nitrogens with one attached hydrogen (secondary N) is 1. The fourth-order valence-electron chi connectivity index (χ4n) is 2.47. The molecule has 4 nitrogen and oxygen atoms in total. The van der Waals surface area contributed by atoms with Crippen LogP contribution in [0.3, 0.4) is 0 Å². The lowest BCUT2D eigenvalue weighted by Gasteiger charge is -2.26. The molecule has 1 aliphatic heterocycles. The van der Waals surface area contributed by atoms with E-state index in [0.717, 1.165) is 25.6 Å². The van der Waals surface area contributed by atoms with Crippen molar-refractivity contribution in [3.63, 3.8) is 0 Å². The van der Waals surface area contributed by atoms with Crippen molar-refractivity contribution in [2.24, 2.45) is 5.92 Å². The standard InChI is InChI=1S/C12H19N3O/c1-9(10-2-3-10)15-8-14-6-11(15)12-7-13-4-5-16-12/h6,8-10,12-13H,2-5,7H2,1H3. The zero-order valence-electron chi connectivity index (χ0n) is 9.72. The van der Waals surface area contributed by atoms with Crippen LogP contribution in [0.25, 0.3) is 0 Å². The lowest BCUT2D eigenvalue weighted by Crippen LogP contribution is -2.34. The van der Waals surface area contributed by atoms with Gasteiger partial charge >= 0.3 is 0 Å². The Bertz CT molecular complexity index is 353. The number of imidazole rings is 1. The molecule has 1 saturated carbocycles. The van der Waals surface area contributed by atoms with Crippen LogP contribution in [0.5, 0.6) is 0 Å². The molecular formula is C12H19N3O. The van der Waals surface area contributed by atoms with Gasteiger partial charge in [-0.25, -0.2) is 4.98 Å². The first-order valence-corrected chi connectivity index (χ1v) is 6.20. The van der Waals surface area contributed by atoms with E-state index in [1.54, 1.807) is 0 Å². The monoisotopic (exact) mass is 221 g/mol. The molecular weight excluding hydrogens is 202 g/mol. The van der Waals surface area contributed by atoms with Gasteiger partial charge in [-0.3, -0.25) is 0 Å². The average Bonchev–Trinajstić information content (AvgIpc) is 3.06. The number of rotatable bonds is 3. The Balaban J connectivity index is 1.80. The number of morpholine rings is 1. The van der Waals surface area contributed by atoms with Crippen molar-refractivity contribution >= 4 is 0 Å². The first-order valence-electron chi connectivity index (χ1n) is 6.20. The summed E-state index contributed by atoms with van der Waals surface area (Å²) in [4.78, 5) is 4.28. The maximum Gasteiger partial charge on any atom is 0.111 e. The highest BCUT2D eigenvalue weighted by Crippen LogP contribution is 2.40. The number of hydrogen-bond acceptors (Lipinski definition) is 3. The second-order valence-electron chi connectivity index (χ2n) is 4.87. The van der Waals surface area contributed by atoms with Crippen LogP contribution < -0.4 is 5.32 Å². The van der Waals surface area contributed by atoms with E-state index in [0.29, 0.717) is 6.04 Å². The summed E-state index contributed by atoms with van der Waals surface area (Å²) < 4.78 is 8.09. The molecule has 0 amide bonds. The molecule has 2 aliphatic rings. The molecule has 1 aliphatic carbocycles. The van der Waals surface area contributed by atoms with E-state index in [2.05, 4.69) is 21.8 Å². The van der Waals surface area contributed by atoms with E-state index < -0.39 is 0 Å². The molecule has 2 unspecified atom stereocenters. The largest absolute Gasteiger partial charge is 0.369 e. The van der Waals surface area contributed by atoms with E-state index in [4.69, 9.17) is 4.74 Å². The van der Waals surface area contributed by atoms with Crippen molar-refractivity contribution in [2.45, 2.75) is 31.9 Å². The fourth-order valence-corrected chi connectivity index (χ4v) is 2.47. The predicted octanol–water partition coefficient (Wildman–Crippen LogP) is 1.51. The molecule has 0 bridgehead atoms. The smallest absolute Gasteiger partial charge is 0.111 e. The Labute approximate surface area is 96.0 Å². The van der Waals surface area contributed by atoms with Crippen LogP contribution >= 0.6 is 0 Å². The first kappa shape index (κ1) is 10.3. The molecule has 0 radical (unpaired) electrons. The lowest BCUT2D eigenvalue weighted by molar-refractivity contribution is 0.0218. The second-order valence-corrected chi connectivity index (χ2v) is 4.87. The molecule has 4 heteroatoms. The molecule has 1 N–H and O–H groups in total. The van der Waals surface area contributed by atoms with Crippen molar-refractivity contribution in [3.8, 4) is 0 Å². The maximum absolute atomic E-state index is 5.79. The van der Waals surface area contributed by atoms with E-state index in [1.807, 2.05) is 12.5 Å². The third-order valence-corrected chi connectivity index (χ3v) is 3.70. The lowest BCUT2D eigenvalue weighted by atomic mass is 10.1. The highest BCUT2D eigenvalue weighted by molar-refractivity contribution is 5.07. The van der Waals surface area contributed by atoms with Crippen LogP contribution in [0.15, 0.2) is 12.5 Å². The normalized spacial score (nSPS) is 27.9. The van der Waals surface area contributed by atoms with Gasteiger partial charge in [-0.15, -0.1) is 0 Å². The average molecular weight is 221 g/mol. The molecule has 2 atom stereocenters. The molecule has 3 rings (SSSR count). The van der Waals surface area contributed by atoms with Gasteiger partial charge in [0.05, 0.1) is 24.8 Å². The van der Waals surface area contributed by atoms with Crippen molar-refractivity contribution in [3.05, 3.63) is 18.2 Å². The highest BCUT2D eigenvalue weighted by atomic mass is 16.5. The van der Waals surface area contributed by atoms with Crippen molar-refractivity contribution in [1.29, 1.82) is 0 Å². The van der Waals surface area contributed by atoms with Gasteiger partial charge in [0.1, 0.15) is 6.10 Å². The van der Waals surface area contributed by atoms with Crippen LogP contribution in [-0.4, -0.2) is 29.2 Å². The van der Waals surface area contributed by atoms with E-state index in [1.165, 1.54) is 18.5 Å². The minimum Gasteiger partial charge on any atom is -0.369 e. The quantitative estimate of drug-likeness (QED) is 0.841. The van der Waals surface area contributed by atoms with Crippen molar-refractivity contribution < 1.29 is 4.74 Å². The fraction of sp³-hybridized carbons (Fsp3) is 0.750. The predicted molar refractivity (Wildman–Crippen MR) is 61.2 cm³/mol. The van der Waals surface area contributed by atoms with Gasteiger partial charge in [0.25, 0.3) is 0 Å². The Hall–Kier alpha value is -0.870. The SMILES string of the molecule is CC(C1CC1)n1cncc1C1CNCCO1. The zero-order valence-corrected chi connectivity index (χ0v) is 9.72. The van der Waals surface area contributed by atoms with Gasteiger partial charge in [0.2, 0.25) is 0 Å². The Morgan fingerprint density at radius 3 is 3.12 bits per heavy atom. The molecule has 2 heterocycles. The van der Waals surface area contributed by atoms with Gasteiger partial charge in [-0.1, -0.05) is 0 Å². The maximum atomic E-state index is 5.79. The second kappa shape index (κ2) is 4.18. The summed E-state index contributed by atoms with van der Waals surface area (Å²) in [6.07, 6.45) is 6.82. The number of hydrogen-bond donors (Lipinski definition) is 1. The molecule has 2 fully saturated rings. The molecule has 16 heavy (non-hydrogen) atoms. The van der Waals surface area contributed by atoms with Crippen LogP contribution in [0, 0.1) is 5.92 Å². The zero-order chi connectivity index (χ0) is 11.0. The minimum atomic E-state index is 0.178. The van der Waals surface area contributed by atoms with Crippen LogP contribution in [0.2, 0.25) is 0 Å². The van der Waals surface area contributed by atoms with Gasteiger partial charge in [0, 0.05) is 19.1 Å². The molecule has 1 aromatic rings. The summed E-state index contributed by atoms with van der Waals surface area (Å²) in [7, 11) is 0. The summed E-state index contributed by atoms with van der Waals surface area (Å²) in [5, 5.41) is 3.37. The van der Waals surface area contributed by atoms with Crippen LogP contribution in [-0.2, 0) is 4.74 Å². The summed E-state index contributed by atoms with van der Waals surface area (Å²) in [6.45, 7) is 4.96. The van der Waals surface area contributed by atoms with Gasteiger partial charge in [0.15, 0.2) is 0 Å². The summed E-state index contributed by atoms with van der Waals surface area (Å²) in [6, 6.07) is 0.572. The third kappa shape index (κ3) is 1.87. The van der Waals surface area contributed by atoms with Gasteiger partial charge in [-0.2, -0.15) is 0 Å². The Kier molecular flexibility index (Phi) is 2.69. The summed E-state index contributed by atoms with van der Waals surface area (Å²) in [5.74, 6) is 0.851. The minimum absolute atomic E-state index is 0.178. The molecule has 88 valence electrons. The number of ether oxygens (including phenoxy) is 1. The summed E-state index contributed by atoms with van der Waals surface area (Å²) >= 11 is 0. The van der Waals surface area contributed by atoms with Crippen molar-refractivity contribution in [1.82, 2.24) is 14.9 Å². The van der Waals surface area contributed by atoms with E-state index >= 15 is 0 Å². The number of aromatic nitrogens is 2. The van der Waals surface area contributed by atoms with Gasteiger partial charge < -0.3 is 14.6 Å². The van der Waals surface area contributed by atoms with E-state index in [9.17, 15) is 0 Å². The van der Waals surface area contributed by atoms with E-state index in [-0.39, 0.29) is 6.10 Å². The topological polar surface area (TPSA) is 39.1 Å². The Morgan fingerprint density at radius 2 is 2.44 bits per heavy atom. The molecule has 1 saturated heterocycles. The Morgan fingerprint density at radius 1 is 1.56 bits per heavy atom. The van der Waals surface area contributed by atoms with Crippen molar-refractivity contribution in [2.75, 3.05) is 19.7 Å². The summed E-state index contributed by atoms with van der Waals surface area (Å²) in [5.41, 5.74) is 1.23. The molecule has 0 spiro atoms. The highest BCUT2D eigenvalue weighted by Gasteiger charge is 2.31.